The number of rotatable bonds is 7. The van der Waals surface area contributed by atoms with E-state index in [-0.39, 0.29) is 11.9 Å². The van der Waals surface area contributed by atoms with Crippen LogP contribution >= 0.6 is 0 Å². The second-order valence-corrected chi connectivity index (χ2v) is 9.25. The van der Waals surface area contributed by atoms with E-state index in [1.165, 1.54) is 4.31 Å². The molecule has 0 heterocycles. The summed E-state index contributed by atoms with van der Waals surface area (Å²) in [6.07, 6.45) is 1.51. The lowest BCUT2D eigenvalue weighted by Crippen LogP contribution is -2.49. The third-order valence-corrected chi connectivity index (χ3v) is 6.19. The van der Waals surface area contributed by atoms with Gasteiger partial charge in [0.05, 0.1) is 18.0 Å². The Morgan fingerprint density at radius 2 is 1.64 bits per heavy atom. The molecule has 2 aromatic carbocycles. The molecular weight excluding hydrogens is 372 g/mol. The first-order valence-electron chi connectivity index (χ1n) is 9.48. The summed E-state index contributed by atoms with van der Waals surface area (Å²) in [6.45, 7) is 9.63. The van der Waals surface area contributed by atoms with Crippen LogP contribution in [0, 0.1) is 20.8 Å². The van der Waals surface area contributed by atoms with Gasteiger partial charge in [-0.2, -0.15) is 0 Å². The highest BCUT2D eigenvalue weighted by molar-refractivity contribution is 7.92. The smallest absolute Gasteiger partial charge is 0.244 e. The Kier molecular flexibility index (Phi) is 6.88. The minimum absolute atomic E-state index is 0.219. The Morgan fingerprint density at radius 3 is 2.14 bits per heavy atom. The van der Waals surface area contributed by atoms with Gasteiger partial charge in [-0.15, -0.1) is 0 Å². The van der Waals surface area contributed by atoms with Gasteiger partial charge in [0.1, 0.15) is 6.04 Å². The topological polar surface area (TPSA) is 66.5 Å². The van der Waals surface area contributed by atoms with Crippen molar-refractivity contribution in [3.63, 3.8) is 0 Å². The summed E-state index contributed by atoms with van der Waals surface area (Å²) in [5.74, 6) is -0.306. The Labute approximate surface area is 168 Å². The summed E-state index contributed by atoms with van der Waals surface area (Å²) < 4.78 is 26.4. The number of amides is 1. The van der Waals surface area contributed by atoms with E-state index < -0.39 is 16.1 Å². The molecule has 0 saturated heterocycles. The molecule has 0 aromatic heterocycles. The predicted molar refractivity (Wildman–Crippen MR) is 115 cm³/mol. The van der Waals surface area contributed by atoms with E-state index in [1.54, 1.807) is 6.07 Å². The number of hydrogen-bond acceptors (Lipinski definition) is 3. The second kappa shape index (κ2) is 8.78. The molecule has 0 unspecified atom stereocenters. The monoisotopic (exact) mass is 402 g/mol. The standard InChI is InChI=1S/C22H30N2O3S/c1-7-21(22(25)23-18(5)19-11-8-15(2)9-12-19)24(28(6,26)27)20-13-10-16(3)17(4)14-20/h8-14,18,21H,7H2,1-6H3,(H,23,25)/t18-,21-/m1/s1. The van der Waals surface area contributed by atoms with E-state index in [4.69, 9.17) is 0 Å². The quantitative estimate of drug-likeness (QED) is 0.760. The fourth-order valence-electron chi connectivity index (χ4n) is 3.17. The molecule has 0 fully saturated rings. The molecule has 2 aromatic rings. The largest absolute Gasteiger partial charge is 0.348 e. The van der Waals surface area contributed by atoms with Gasteiger partial charge < -0.3 is 5.32 Å². The molecule has 0 spiro atoms. The van der Waals surface area contributed by atoms with Crippen LogP contribution in [0.4, 0.5) is 5.69 Å². The van der Waals surface area contributed by atoms with Crippen LogP contribution in [0.5, 0.6) is 0 Å². The molecular formula is C22H30N2O3S. The second-order valence-electron chi connectivity index (χ2n) is 7.39. The van der Waals surface area contributed by atoms with Gasteiger partial charge in [0.2, 0.25) is 15.9 Å². The number of carbonyl (C=O) groups excluding carboxylic acids is 1. The lowest BCUT2D eigenvalue weighted by molar-refractivity contribution is -0.122. The summed E-state index contributed by atoms with van der Waals surface area (Å²) in [4.78, 5) is 13.0. The van der Waals surface area contributed by atoms with E-state index in [9.17, 15) is 13.2 Å². The maximum absolute atomic E-state index is 13.0. The Bertz CT molecular complexity index is 937. The molecule has 28 heavy (non-hydrogen) atoms. The van der Waals surface area contributed by atoms with E-state index in [1.807, 2.05) is 71.0 Å². The van der Waals surface area contributed by atoms with Crippen molar-refractivity contribution in [3.05, 3.63) is 64.7 Å². The van der Waals surface area contributed by atoms with Crippen molar-refractivity contribution in [2.45, 2.75) is 53.1 Å². The SMILES string of the molecule is CC[C@H](C(=O)N[C@H](C)c1ccc(C)cc1)N(c1ccc(C)c(C)c1)S(C)(=O)=O. The highest BCUT2D eigenvalue weighted by atomic mass is 32.2. The summed E-state index contributed by atoms with van der Waals surface area (Å²) in [5, 5.41) is 2.97. The lowest BCUT2D eigenvalue weighted by Gasteiger charge is -2.31. The predicted octanol–water partition coefficient (Wildman–Crippen LogP) is 4.03. The van der Waals surface area contributed by atoms with Crippen LogP contribution in [0.3, 0.4) is 0 Å². The zero-order valence-corrected chi connectivity index (χ0v) is 18.3. The number of aryl methyl sites for hydroxylation is 3. The fraction of sp³-hybridized carbons (Fsp3) is 0.409. The highest BCUT2D eigenvalue weighted by Crippen LogP contribution is 2.25. The number of benzene rings is 2. The van der Waals surface area contributed by atoms with Gasteiger partial charge in [-0.3, -0.25) is 9.10 Å². The Hall–Kier alpha value is -2.34. The zero-order chi connectivity index (χ0) is 21.1. The summed E-state index contributed by atoms with van der Waals surface area (Å²) in [5.41, 5.74) is 4.69. The minimum Gasteiger partial charge on any atom is -0.348 e. The van der Waals surface area contributed by atoms with Crippen molar-refractivity contribution in [2.75, 3.05) is 10.6 Å². The van der Waals surface area contributed by atoms with Crippen LogP contribution < -0.4 is 9.62 Å². The van der Waals surface area contributed by atoms with Crippen molar-refractivity contribution < 1.29 is 13.2 Å². The maximum Gasteiger partial charge on any atom is 0.244 e. The molecule has 5 nitrogen and oxygen atoms in total. The van der Waals surface area contributed by atoms with Gasteiger partial charge >= 0.3 is 0 Å². The molecule has 6 heteroatoms. The van der Waals surface area contributed by atoms with Gasteiger partial charge in [-0.25, -0.2) is 8.42 Å². The average molecular weight is 403 g/mol. The van der Waals surface area contributed by atoms with Gasteiger partial charge in [-0.05, 0) is 62.9 Å². The molecule has 152 valence electrons. The van der Waals surface area contributed by atoms with E-state index in [0.29, 0.717) is 12.1 Å². The number of anilines is 1. The fourth-order valence-corrected chi connectivity index (χ4v) is 4.37. The first kappa shape index (κ1) is 22.0. The van der Waals surface area contributed by atoms with Gasteiger partial charge in [-0.1, -0.05) is 42.8 Å². The average Bonchev–Trinajstić information content (AvgIpc) is 2.61. The van der Waals surface area contributed by atoms with E-state index in [0.717, 1.165) is 28.5 Å². The van der Waals surface area contributed by atoms with E-state index in [2.05, 4.69) is 5.32 Å². The van der Waals surface area contributed by atoms with Crippen molar-refractivity contribution in [2.24, 2.45) is 0 Å². The molecule has 0 aliphatic rings. The van der Waals surface area contributed by atoms with Gasteiger partial charge in [0, 0.05) is 0 Å². The number of nitrogens with one attached hydrogen (secondary N) is 1. The van der Waals surface area contributed by atoms with Gasteiger partial charge in [0.15, 0.2) is 0 Å². The summed E-state index contributed by atoms with van der Waals surface area (Å²) >= 11 is 0. The van der Waals surface area contributed by atoms with Crippen molar-refractivity contribution in [1.82, 2.24) is 5.32 Å². The minimum atomic E-state index is -3.64. The third-order valence-electron chi connectivity index (χ3n) is 5.01. The first-order valence-corrected chi connectivity index (χ1v) is 11.3. The lowest BCUT2D eigenvalue weighted by atomic mass is 10.1. The van der Waals surface area contributed by atoms with E-state index >= 15 is 0 Å². The summed E-state index contributed by atoms with van der Waals surface area (Å²) in [7, 11) is -3.64. The van der Waals surface area contributed by atoms with Crippen molar-refractivity contribution >= 4 is 21.6 Å². The summed E-state index contributed by atoms with van der Waals surface area (Å²) in [6, 6.07) is 12.3. The number of carbonyl (C=O) groups is 1. The number of hydrogen-bond donors (Lipinski definition) is 1. The third kappa shape index (κ3) is 5.13. The molecule has 2 atom stereocenters. The zero-order valence-electron chi connectivity index (χ0n) is 17.5. The molecule has 0 bridgehead atoms. The normalized spacial score (nSPS) is 13.6. The molecule has 0 saturated carbocycles. The van der Waals surface area contributed by atoms with Crippen LogP contribution in [-0.4, -0.2) is 26.6 Å². The molecule has 1 N–H and O–H groups in total. The van der Waals surface area contributed by atoms with Crippen LogP contribution in [0.15, 0.2) is 42.5 Å². The number of nitrogens with zero attached hydrogens (tertiary/aromatic N) is 1. The Balaban J connectivity index is 2.33. The van der Waals surface area contributed by atoms with Crippen LogP contribution in [0.2, 0.25) is 0 Å². The molecule has 1 amide bonds. The molecule has 0 aliphatic heterocycles. The highest BCUT2D eigenvalue weighted by Gasteiger charge is 2.32. The van der Waals surface area contributed by atoms with Crippen molar-refractivity contribution in [3.8, 4) is 0 Å². The number of sulfonamides is 1. The maximum atomic E-state index is 13.0. The molecule has 0 aliphatic carbocycles. The Morgan fingerprint density at radius 1 is 1.04 bits per heavy atom. The van der Waals surface area contributed by atoms with Crippen LogP contribution in [0.1, 0.15) is 48.6 Å². The van der Waals surface area contributed by atoms with Crippen LogP contribution in [0.25, 0.3) is 0 Å². The molecule has 2 rings (SSSR count). The first-order chi connectivity index (χ1) is 13.0. The van der Waals surface area contributed by atoms with Gasteiger partial charge in [0.25, 0.3) is 0 Å². The van der Waals surface area contributed by atoms with Crippen molar-refractivity contribution in [1.29, 1.82) is 0 Å². The van der Waals surface area contributed by atoms with Crippen LogP contribution in [-0.2, 0) is 14.8 Å². The molecule has 0 radical (unpaired) electrons.